The Morgan fingerprint density at radius 3 is 2.85 bits per heavy atom. The first kappa shape index (κ1) is 14.2. The monoisotopic (exact) mass is 313 g/mol. The van der Waals surface area contributed by atoms with Crippen molar-refractivity contribution in [1.29, 1.82) is 0 Å². The van der Waals surface area contributed by atoms with E-state index in [-0.39, 0.29) is 17.1 Å². The van der Waals surface area contributed by atoms with Gasteiger partial charge >= 0.3 is 5.97 Å². The van der Waals surface area contributed by atoms with Crippen LogP contribution in [0.25, 0.3) is 0 Å². The molecular weight excluding hydrogens is 306 g/mol. The number of carboxylic acid groups (broad SMARTS) is 1. The highest BCUT2D eigenvalue weighted by atomic mass is 35.5. The highest BCUT2D eigenvalue weighted by Crippen LogP contribution is 2.24. The zero-order valence-corrected chi connectivity index (χ0v) is 11.4. The van der Waals surface area contributed by atoms with Gasteiger partial charge in [-0.2, -0.15) is 0 Å². The summed E-state index contributed by atoms with van der Waals surface area (Å²) in [4.78, 5) is 25.7. The summed E-state index contributed by atoms with van der Waals surface area (Å²) < 4.78 is 0.622. The lowest BCUT2D eigenvalue weighted by Crippen LogP contribution is -2.08. The number of hydrogen-bond donors (Lipinski definition) is 2. The van der Waals surface area contributed by atoms with E-state index in [2.05, 4.69) is 10.3 Å². The van der Waals surface area contributed by atoms with Crippen LogP contribution in [-0.4, -0.2) is 21.0 Å². The summed E-state index contributed by atoms with van der Waals surface area (Å²) in [7, 11) is 0. The molecule has 2 rings (SSSR count). The molecule has 0 aromatic carbocycles. The van der Waals surface area contributed by atoms with Gasteiger partial charge in [-0.25, -0.2) is 9.78 Å². The highest BCUT2D eigenvalue weighted by molar-refractivity contribution is 7.16. The third kappa shape index (κ3) is 3.22. The van der Waals surface area contributed by atoms with Crippen molar-refractivity contribution < 1.29 is 14.8 Å². The summed E-state index contributed by atoms with van der Waals surface area (Å²) in [5.41, 5.74) is -0.617. The molecule has 0 atom stereocenters. The molecule has 0 saturated carbocycles. The molecule has 9 heteroatoms. The molecule has 2 heterocycles. The molecule has 2 aromatic rings. The molecule has 0 saturated heterocycles. The number of nitrogens with zero attached hydrogens (tertiary/aromatic N) is 2. The molecule has 104 valence electrons. The summed E-state index contributed by atoms with van der Waals surface area (Å²) in [5, 5.41) is 22.5. The molecule has 20 heavy (non-hydrogen) atoms. The molecule has 7 nitrogen and oxygen atoms in total. The first-order valence-electron chi connectivity index (χ1n) is 5.33. The van der Waals surface area contributed by atoms with Crippen molar-refractivity contribution in [2.75, 3.05) is 5.32 Å². The number of aromatic carboxylic acids is 1. The van der Waals surface area contributed by atoms with Crippen LogP contribution in [0.1, 0.15) is 15.2 Å². The third-order valence-electron chi connectivity index (χ3n) is 2.37. The Balaban J connectivity index is 2.22. The number of anilines is 1. The van der Waals surface area contributed by atoms with E-state index < -0.39 is 10.9 Å². The summed E-state index contributed by atoms with van der Waals surface area (Å²) in [6.07, 6.45) is 1.01. The van der Waals surface area contributed by atoms with Gasteiger partial charge in [0.2, 0.25) is 0 Å². The molecule has 0 aliphatic carbocycles. The number of carbonyl (C=O) groups is 1. The maximum atomic E-state index is 11.1. The van der Waals surface area contributed by atoms with Gasteiger partial charge in [-0.15, -0.1) is 11.3 Å². The summed E-state index contributed by atoms with van der Waals surface area (Å²) >= 11 is 7.13. The van der Waals surface area contributed by atoms with Gasteiger partial charge in [0, 0.05) is 10.9 Å². The summed E-state index contributed by atoms with van der Waals surface area (Å²) in [6.45, 7) is 0.336. The average Bonchev–Trinajstić information content (AvgIpc) is 2.81. The van der Waals surface area contributed by atoms with Crippen molar-refractivity contribution >= 4 is 40.4 Å². The lowest BCUT2D eigenvalue weighted by atomic mass is 10.2. The SMILES string of the molecule is O=C(O)c1cc([N+](=O)[O-])cnc1NCc1ccc(Cl)s1. The van der Waals surface area contributed by atoms with Crippen molar-refractivity contribution in [1.82, 2.24) is 4.98 Å². The molecule has 2 N–H and O–H groups in total. The zero-order valence-electron chi connectivity index (χ0n) is 9.87. The molecule has 0 bridgehead atoms. The van der Waals surface area contributed by atoms with Gasteiger partial charge in [0.25, 0.3) is 5.69 Å². The lowest BCUT2D eigenvalue weighted by molar-refractivity contribution is -0.385. The van der Waals surface area contributed by atoms with E-state index in [4.69, 9.17) is 16.7 Å². The zero-order chi connectivity index (χ0) is 14.7. The molecule has 0 amide bonds. The smallest absolute Gasteiger partial charge is 0.339 e. The number of pyridine rings is 1. The van der Waals surface area contributed by atoms with E-state index in [1.807, 2.05) is 0 Å². The average molecular weight is 314 g/mol. The molecule has 0 aliphatic rings. The van der Waals surface area contributed by atoms with E-state index in [1.165, 1.54) is 11.3 Å². The van der Waals surface area contributed by atoms with Crippen molar-refractivity contribution in [2.45, 2.75) is 6.54 Å². The minimum atomic E-state index is -1.28. The topological polar surface area (TPSA) is 105 Å². The van der Waals surface area contributed by atoms with Crippen LogP contribution in [0.2, 0.25) is 4.34 Å². The third-order valence-corrected chi connectivity index (χ3v) is 3.60. The Bertz CT molecular complexity index is 673. The lowest BCUT2D eigenvalue weighted by Gasteiger charge is -2.07. The summed E-state index contributed by atoms with van der Waals surface area (Å²) in [6, 6.07) is 4.50. The van der Waals surface area contributed by atoms with Crippen molar-refractivity contribution in [3.8, 4) is 0 Å². The second-order valence-corrected chi connectivity index (χ2v) is 5.51. The van der Waals surface area contributed by atoms with Crippen LogP contribution < -0.4 is 5.32 Å². The Labute approximate surface area is 122 Å². The van der Waals surface area contributed by atoms with Gasteiger partial charge in [-0.3, -0.25) is 10.1 Å². The van der Waals surface area contributed by atoms with Gasteiger partial charge in [0.15, 0.2) is 0 Å². The predicted octanol–water partition coefficient (Wildman–Crippen LogP) is 3.02. The first-order chi connectivity index (χ1) is 9.47. The standard InChI is InChI=1S/C11H8ClN3O4S/c12-9-2-1-7(20-9)5-14-10-8(11(16)17)3-6(4-13-10)15(18)19/h1-4H,5H2,(H,13,14)(H,16,17). The largest absolute Gasteiger partial charge is 0.478 e. The molecule has 2 aromatic heterocycles. The number of carboxylic acids is 1. The molecular formula is C11H8ClN3O4S. The van der Waals surface area contributed by atoms with Crippen LogP contribution in [-0.2, 0) is 6.54 Å². The fraction of sp³-hybridized carbons (Fsp3) is 0.0909. The van der Waals surface area contributed by atoms with E-state index in [9.17, 15) is 14.9 Å². The fourth-order valence-electron chi connectivity index (χ4n) is 1.48. The van der Waals surface area contributed by atoms with Crippen LogP contribution >= 0.6 is 22.9 Å². The molecule has 0 radical (unpaired) electrons. The Morgan fingerprint density at radius 2 is 2.30 bits per heavy atom. The van der Waals surface area contributed by atoms with Gasteiger partial charge in [-0.05, 0) is 12.1 Å². The Morgan fingerprint density at radius 1 is 1.55 bits per heavy atom. The number of aromatic nitrogens is 1. The number of hydrogen-bond acceptors (Lipinski definition) is 6. The highest BCUT2D eigenvalue weighted by Gasteiger charge is 2.17. The second-order valence-electron chi connectivity index (χ2n) is 3.71. The number of nitrogens with one attached hydrogen (secondary N) is 1. The molecule has 0 fully saturated rings. The van der Waals surface area contributed by atoms with Gasteiger partial charge in [0.1, 0.15) is 17.6 Å². The van der Waals surface area contributed by atoms with Crippen LogP contribution in [0.5, 0.6) is 0 Å². The minimum Gasteiger partial charge on any atom is -0.478 e. The number of thiophene rings is 1. The quantitative estimate of drug-likeness (QED) is 0.649. The van der Waals surface area contributed by atoms with Crippen molar-refractivity contribution in [3.05, 3.63) is 49.3 Å². The van der Waals surface area contributed by atoms with E-state index >= 15 is 0 Å². The number of nitro groups is 1. The normalized spacial score (nSPS) is 10.2. The van der Waals surface area contributed by atoms with Crippen molar-refractivity contribution in [3.63, 3.8) is 0 Å². The predicted molar refractivity (Wildman–Crippen MR) is 74.5 cm³/mol. The maximum Gasteiger partial charge on any atom is 0.339 e. The Hall–Kier alpha value is -2.19. The van der Waals surface area contributed by atoms with Gasteiger partial charge in [-0.1, -0.05) is 11.6 Å². The van der Waals surface area contributed by atoms with E-state index in [1.54, 1.807) is 12.1 Å². The fourth-order valence-corrected chi connectivity index (χ4v) is 2.50. The number of halogens is 1. The van der Waals surface area contributed by atoms with Gasteiger partial charge in [0.05, 0.1) is 15.8 Å². The van der Waals surface area contributed by atoms with E-state index in [0.717, 1.165) is 17.1 Å². The van der Waals surface area contributed by atoms with Gasteiger partial charge < -0.3 is 10.4 Å². The second kappa shape index (κ2) is 5.85. The van der Waals surface area contributed by atoms with Crippen molar-refractivity contribution in [2.24, 2.45) is 0 Å². The maximum absolute atomic E-state index is 11.1. The van der Waals surface area contributed by atoms with E-state index in [0.29, 0.717) is 10.9 Å². The molecule has 0 aliphatic heterocycles. The molecule has 0 spiro atoms. The first-order valence-corrected chi connectivity index (χ1v) is 6.52. The molecule has 0 unspecified atom stereocenters. The minimum absolute atomic E-state index is 0.0765. The number of rotatable bonds is 5. The Kier molecular flexibility index (Phi) is 4.16. The van der Waals surface area contributed by atoms with Crippen LogP contribution in [0.3, 0.4) is 0 Å². The summed E-state index contributed by atoms with van der Waals surface area (Å²) in [5.74, 6) is -1.21. The van der Waals surface area contributed by atoms with Crippen LogP contribution in [0.15, 0.2) is 24.4 Å². The van der Waals surface area contributed by atoms with Crippen LogP contribution in [0.4, 0.5) is 11.5 Å². The van der Waals surface area contributed by atoms with Crippen LogP contribution in [0, 0.1) is 10.1 Å².